The van der Waals surface area contributed by atoms with E-state index in [4.69, 9.17) is 0 Å². The van der Waals surface area contributed by atoms with E-state index in [0.717, 1.165) is 11.3 Å². The average Bonchev–Trinajstić information content (AvgIpc) is 2.65. The van der Waals surface area contributed by atoms with E-state index >= 15 is 0 Å². The van der Waals surface area contributed by atoms with E-state index < -0.39 is 0 Å². The van der Waals surface area contributed by atoms with E-state index in [0.29, 0.717) is 18.0 Å². The summed E-state index contributed by atoms with van der Waals surface area (Å²) in [5.74, 6) is 0.118. The first-order valence-electron chi connectivity index (χ1n) is 9.25. The zero-order chi connectivity index (χ0) is 19.8. The topological polar surface area (TPSA) is 61.4 Å². The van der Waals surface area contributed by atoms with Crippen LogP contribution in [0.5, 0.6) is 0 Å². The maximum Gasteiger partial charge on any atom is 0.243 e. The molecular formula is C22H29N3O2. The maximum atomic E-state index is 12.3. The van der Waals surface area contributed by atoms with Gasteiger partial charge in [-0.1, -0.05) is 44.2 Å². The molecule has 0 bridgehead atoms. The third kappa shape index (κ3) is 6.44. The molecule has 2 aromatic carbocycles. The standard InChI is InChI=1S/C22H29N3O2/c1-16(2)20(17-8-6-5-7-9-17)14-21(26)23-15-22(27)24-18-10-12-19(13-11-18)25(3)4/h5-13,16,20H,14-15H2,1-4H3,(H,23,26)(H,24,27). The lowest BCUT2D eigenvalue weighted by molar-refractivity contribution is -0.124. The molecule has 2 amide bonds. The molecule has 5 nitrogen and oxygen atoms in total. The number of hydrogen-bond acceptors (Lipinski definition) is 3. The van der Waals surface area contributed by atoms with Gasteiger partial charge in [0.15, 0.2) is 0 Å². The molecule has 5 heteroatoms. The highest BCUT2D eigenvalue weighted by Gasteiger charge is 2.19. The molecule has 2 rings (SSSR count). The monoisotopic (exact) mass is 367 g/mol. The van der Waals surface area contributed by atoms with Crippen LogP contribution in [0.1, 0.15) is 31.7 Å². The molecule has 1 unspecified atom stereocenters. The van der Waals surface area contributed by atoms with Crippen molar-refractivity contribution in [3.05, 3.63) is 60.2 Å². The first-order chi connectivity index (χ1) is 12.9. The highest BCUT2D eigenvalue weighted by Crippen LogP contribution is 2.27. The van der Waals surface area contributed by atoms with E-state index in [-0.39, 0.29) is 24.3 Å². The van der Waals surface area contributed by atoms with Crippen molar-refractivity contribution >= 4 is 23.2 Å². The largest absolute Gasteiger partial charge is 0.378 e. The lowest BCUT2D eigenvalue weighted by Gasteiger charge is -2.21. The molecule has 0 fully saturated rings. The van der Waals surface area contributed by atoms with Gasteiger partial charge in [0.1, 0.15) is 0 Å². The lowest BCUT2D eigenvalue weighted by atomic mass is 9.85. The van der Waals surface area contributed by atoms with Gasteiger partial charge in [0.25, 0.3) is 0 Å². The van der Waals surface area contributed by atoms with Crippen LogP contribution in [0.4, 0.5) is 11.4 Å². The molecule has 0 saturated carbocycles. The average molecular weight is 367 g/mol. The zero-order valence-electron chi connectivity index (χ0n) is 16.5. The molecule has 0 heterocycles. The molecule has 0 aliphatic heterocycles. The van der Waals surface area contributed by atoms with Gasteiger partial charge in [0.2, 0.25) is 11.8 Å². The van der Waals surface area contributed by atoms with Crippen molar-refractivity contribution in [2.45, 2.75) is 26.2 Å². The second-order valence-corrected chi connectivity index (χ2v) is 7.23. The predicted molar refractivity (Wildman–Crippen MR) is 111 cm³/mol. The first kappa shape index (κ1) is 20.5. The fourth-order valence-electron chi connectivity index (χ4n) is 2.94. The summed E-state index contributed by atoms with van der Waals surface area (Å²) in [5.41, 5.74) is 2.92. The molecular weight excluding hydrogens is 338 g/mol. The third-order valence-electron chi connectivity index (χ3n) is 4.55. The summed E-state index contributed by atoms with van der Waals surface area (Å²) in [5, 5.41) is 5.53. The second kappa shape index (κ2) is 9.76. The SMILES string of the molecule is CC(C)C(CC(=O)NCC(=O)Nc1ccc(N(C)C)cc1)c1ccccc1. The van der Waals surface area contributed by atoms with Gasteiger partial charge in [-0.15, -0.1) is 0 Å². The quantitative estimate of drug-likeness (QED) is 0.749. The number of benzene rings is 2. The summed E-state index contributed by atoms with van der Waals surface area (Å²) in [7, 11) is 3.92. The van der Waals surface area contributed by atoms with E-state index in [2.05, 4.69) is 24.5 Å². The normalized spacial score (nSPS) is 11.7. The van der Waals surface area contributed by atoms with Crippen molar-refractivity contribution in [1.29, 1.82) is 0 Å². The zero-order valence-corrected chi connectivity index (χ0v) is 16.5. The minimum atomic E-state index is -0.234. The van der Waals surface area contributed by atoms with Gasteiger partial charge in [0, 0.05) is 31.9 Å². The number of amides is 2. The minimum absolute atomic E-state index is 0.0339. The smallest absolute Gasteiger partial charge is 0.243 e. The molecule has 2 N–H and O–H groups in total. The van der Waals surface area contributed by atoms with Gasteiger partial charge in [-0.3, -0.25) is 9.59 Å². The predicted octanol–water partition coefficient (Wildman–Crippen LogP) is 3.64. The van der Waals surface area contributed by atoms with E-state index in [9.17, 15) is 9.59 Å². The van der Waals surface area contributed by atoms with Crippen LogP contribution in [-0.2, 0) is 9.59 Å². The van der Waals surface area contributed by atoms with Gasteiger partial charge < -0.3 is 15.5 Å². The summed E-state index contributed by atoms with van der Waals surface area (Å²) >= 11 is 0. The number of carbonyl (C=O) groups excluding carboxylic acids is 2. The molecule has 2 aromatic rings. The van der Waals surface area contributed by atoms with Crippen LogP contribution in [-0.4, -0.2) is 32.5 Å². The number of carbonyl (C=O) groups is 2. The number of nitrogens with one attached hydrogen (secondary N) is 2. The minimum Gasteiger partial charge on any atom is -0.378 e. The van der Waals surface area contributed by atoms with Crippen LogP contribution in [0.25, 0.3) is 0 Å². The molecule has 0 saturated heterocycles. The highest BCUT2D eigenvalue weighted by atomic mass is 16.2. The molecule has 0 aliphatic rings. The van der Waals surface area contributed by atoms with E-state index in [1.54, 1.807) is 0 Å². The number of anilines is 2. The van der Waals surface area contributed by atoms with Crippen LogP contribution >= 0.6 is 0 Å². The molecule has 0 aliphatic carbocycles. The van der Waals surface area contributed by atoms with Crippen LogP contribution in [0.15, 0.2) is 54.6 Å². The van der Waals surface area contributed by atoms with Crippen molar-refractivity contribution in [1.82, 2.24) is 5.32 Å². The van der Waals surface area contributed by atoms with Crippen molar-refractivity contribution in [2.75, 3.05) is 30.9 Å². The number of nitrogens with zero attached hydrogens (tertiary/aromatic N) is 1. The van der Waals surface area contributed by atoms with Crippen LogP contribution in [0.2, 0.25) is 0 Å². The summed E-state index contributed by atoms with van der Waals surface area (Å²) < 4.78 is 0. The van der Waals surface area contributed by atoms with Gasteiger partial charge in [-0.2, -0.15) is 0 Å². The fourth-order valence-corrected chi connectivity index (χ4v) is 2.94. The summed E-state index contributed by atoms with van der Waals surface area (Å²) in [6, 6.07) is 17.6. The van der Waals surface area contributed by atoms with Crippen molar-refractivity contribution in [3.63, 3.8) is 0 Å². The summed E-state index contributed by atoms with van der Waals surface area (Å²) in [6.45, 7) is 4.18. The Morgan fingerprint density at radius 1 is 0.926 bits per heavy atom. The highest BCUT2D eigenvalue weighted by molar-refractivity contribution is 5.94. The lowest BCUT2D eigenvalue weighted by Crippen LogP contribution is -2.34. The van der Waals surface area contributed by atoms with Crippen molar-refractivity contribution in [2.24, 2.45) is 5.92 Å². The number of hydrogen-bond donors (Lipinski definition) is 2. The molecule has 144 valence electrons. The Kier molecular flexibility index (Phi) is 7.41. The molecule has 27 heavy (non-hydrogen) atoms. The molecule has 1 atom stereocenters. The number of rotatable bonds is 8. The van der Waals surface area contributed by atoms with E-state index in [1.807, 2.05) is 73.6 Å². The Hall–Kier alpha value is -2.82. The molecule has 0 spiro atoms. The second-order valence-electron chi connectivity index (χ2n) is 7.23. The van der Waals surface area contributed by atoms with Gasteiger partial charge in [-0.05, 0) is 41.7 Å². The Labute approximate surface area is 161 Å². The summed E-state index contributed by atoms with van der Waals surface area (Å²) in [4.78, 5) is 26.4. The van der Waals surface area contributed by atoms with Gasteiger partial charge in [-0.25, -0.2) is 0 Å². The Balaban J connectivity index is 1.84. The molecule has 0 radical (unpaired) electrons. The Morgan fingerprint density at radius 2 is 1.56 bits per heavy atom. The maximum absolute atomic E-state index is 12.3. The van der Waals surface area contributed by atoms with E-state index in [1.165, 1.54) is 0 Å². The third-order valence-corrected chi connectivity index (χ3v) is 4.55. The van der Waals surface area contributed by atoms with Crippen LogP contribution in [0.3, 0.4) is 0 Å². The van der Waals surface area contributed by atoms with Crippen molar-refractivity contribution < 1.29 is 9.59 Å². The van der Waals surface area contributed by atoms with Gasteiger partial charge in [0.05, 0.1) is 6.54 Å². The Morgan fingerprint density at radius 3 is 2.11 bits per heavy atom. The summed E-state index contributed by atoms with van der Waals surface area (Å²) in [6.07, 6.45) is 0.368. The van der Waals surface area contributed by atoms with Crippen LogP contribution < -0.4 is 15.5 Å². The fraction of sp³-hybridized carbons (Fsp3) is 0.364. The van der Waals surface area contributed by atoms with Crippen LogP contribution in [0, 0.1) is 5.92 Å². The molecule has 0 aromatic heterocycles. The van der Waals surface area contributed by atoms with Crippen molar-refractivity contribution in [3.8, 4) is 0 Å². The Bertz CT molecular complexity index is 740. The first-order valence-corrected chi connectivity index (χ1v) is 9.25. The van der Waals surface area contributed by atoms with Gasteiger partial charge >= 0.3 is 0 Å².